The lowest BCUT2D eigenvalue weighted by Crippen LogP contribution is -2.26. The molecule has 0 unspecified atom stereocenters. The molecule has 1 aromatic heterocycles. The monoisotopic (exact) mass is 291 g/mol. The van der Waals surface area contributed by atoms with Gasteiger partial charge in [-0.3, -0.25) is 4.79 Å². The van der Waals surface area contributed by atoms with Gasteiger partial charge in [0.25, 0.3) is 5.91 Å². The minimum absolute atomic E-state index is 0.252. The van der Waals surface area contributed by atoms with E-state index >= 15 is 0 Å². The maximum atomic E-state index is 13.3. The Balaban J connectivity index is 2.30. The second-order valence-electron chi connectivity index (χ2n) is 3.71. The lowest BCUT2D eigenvalue weighted by Gasteiger charge is -2.08. The molecule has 0 radical (unpaired) electrons. The van der Waals surface area contributed by atoms with Gasteiger partial charge in [-0.05, 0) is 12.1 Å². The van der Waals surface area contributed by atoms with Crippen LogP contribution in [0.3, 0.4) is 0 Å². The predicted octanol–water partition coefficient (Wildman–Crippen LogP) is 2.91. The third-order valence-electron chi connectivity index (χ3n) is 2.44. The molecule has 106 valence electrons. The highest BCUT2D eigenvalue weighted by atomic mass is 19.2. The highest BCUT2D eigenvalue weighted by Crippen LogP contribution is 2.22. The van der Waals surface area contributed by atoms with Crippen LogP contribution in [0.25, 0.3) is 0 Å². The van der Waals surface area contributed by atoms with E-state index in [4.69, 9.17) is 4.42 Å². The van der Waals surface area contributed by atoms with Gasteiger partial charge in [0.1, 0.15) is 11.3 Å². The van der Waals surface area contributed by atoms with Gasteiger partial charge in [-0.25, -0.2) is 22.0 Å². The first-order valence-electron chi connectivity index (χ1n) is 5.25. The molecule has 0 fully saturated rings. The number of hydrogen-bond donors (Lipinski definition) is 1. The summed E-state index contributed by atoms with van der Waals surface area (Å²) in [4.78, 5) is 11.5. The molecule has 0 aliphatic heterocycles. The van der Waals surface area contributed by atoms with Gasteiger partial charge in [0, 0.05) is 0 Å². The van der Waals surface area contributed by atoms with Gasteiger partial charge in [-0.2, -0.15) is 0 Å². The van der Waals surface area contributed by atoms with Crippen molar-refractivity contribution in [2.75, 3.05) is 0 Å². The van der Waals surface area contributed by atoms with Gasteiger partial charge in [-0.15, -0.1) is 0 Å². The van der Waals surface area contributed by atoms with E-state index in [9.17, 15) is 26.7 Å². The molecule has 1 heterocycles. The van der Waals surface area contributed by atoms with Crippen LogP contribution in [-0.4, -0.2) is 5.91 Å². The minimum atomic E-state index is -2.32. The number of furan rings is 1. The van der Waals surface area contributed by atoms with Gasteiger partial charge in [-0.1, -0.05) is 0 Å². The van der Waals surface area contributed by atoms with Crippen molar-refractivity contribution in [3.05, 3.63) is 58.8 Å². The zero-order valence-corrected chi connectivity index (χ0v) is 9.65. The molecule has 2 aromatic rings. The van der Waals surface area contributed by atoms with E-state index in [1.54, 1.807) is 0 Å². The molecule has 2 rings (SSSR count). The second-order valence-corrected chi connectivity index (χ2v) is 3.71. The van der Waals surface area contributed by atoms with Crippen LogP contribution in [0.4, 0.5) is 22.0 Å². The molecule has 3 nitrogen and oxygen atoms in total. The Kier molecular flexibility index (Phi) is 3.73. The van der Waals surface area contributed by atoms with Crippen molar-refractivity contribution in [3.63, 3.8) is 0 Å². The average Bonchev–Trinajstić information content (AvgIpc) is 2.94. The Labute approximate surface area is 109 Å². The molecule has 1 N–H and O–H groups in total. The van der Waals surface area contributed by atoms with Crippen LogP contribution in [0, 0.1) is 29.1 Å². The molecular weight excluding hydrogens is 285 g/mol. The first-order chi connectivity index (χ1) is 9.43. The molecule has 0 atom stereocenters. The number of benzene rings is 1. The van der Waals surface area contributed by atoms with Gasteiger partial charge < -0.3 is 9.73 Å². The quantitative estimate of drug-likeness (QED) is 0.537. The van der Waals surface area contributed by atoms with Gasteiger partial charge in [0.05, 0.1) is 12.8 Å². The van der Waals surface area contributed by atoms with Crippen LogP contribution >= 0.6 is 0 Å². The fourth-order valence-corrected chi connectivity index (χ4v) is 1.47. The first kappa shape index (κ1) is 14.0. The highest BCUT2D eigenvalue weighted by Gasteiger charge is 2.29. The van der Waals surface area contributed by atoms with Crippen LogP contribution in [0.15, 0.2) is 22.8 Å². The van der Waals surface area contributed by atoms with Gasteiger partial charge in [0.15, 0.2) is 23.3 Å². The molecule has 1 amide bonds. The Morgan fingerprint density at radius 2 is 1.55 bits per heavy atom. The largest absolute Gasteiger partial charge is 0.467 e. The molecule has 1 aromatic carbocycles. The second kappa shape index (κ2) is 5.32. The van der Waals surface area contributed by atoms with Crippen LogP contribution < -0.4 is 5.32 Å². The molecule has 8 heteroatoms. The van der Waals surface area contributed by atoms with Crippen LogP contribution in [0.5, 0.6) is 0 Å². The summed E-state index contributed by atoms with van der Waals surface area (Å²) >= 11 is 0. The molecule has 0 saturated carbocycles. The lowest BCUT2D eigenvalue weighted by atomic mass is 10.1. The van der Waals surface area contributed by atoms with Crippen LogP contribution in [-0.2, 0) is 6.54 Å². The number of amides is 1. The lowest BCUT2D eigenvalue weighted by molar-refractivity contribution is 0.0936. The summed E-state index contributed by atoms with van der Waals surface area (Å²) in [5.41, 5.74) is -1.53. The average molecular weight is 291 g/mol. The van der Waals surface area contributed by atoms with Crippen molar-refractivity contribution in [2.24, 2.45) is 0 Å². The number of halogens is 5. The predicted molar refractivity (Wildman–Crippen MR) is 56.1 cm³/mol. The fourth-order valence-electron chi connectivity index (χ4n) is 1.47. The molecule has 0 aliphatic carbocycles. The van der Waals surface area contributed by atoms with E-state index in [1.165, 1.54) is 18.4 Å². The summed E-state index contributed by atoms with van der Waals surface area (Å²) in [6.07, 6.45) is 1.29. The van der Waals surface area contributed by atoms with Crippen molar-refractivity contribution < 1.29 is 31.2 Å². The SMILES string of the molecule is O=C(NCc1ccco1)c1c(F)c(F)c(F)c(F)c1F. The van der Waals surface area contributed by atoms with E-state index < -0.39 is 40.6 Å². The van der Waals surface area contributed by atoms with Gasteiger partial charge in [0.2, 0.25) is 5.82 Å². The summed E-state index contributed by atoms with van der Waals surface area (Å²) < 4.78 is 70.1. The molecule has 0 bridgehead atoms. The number of nitrogens with one attached hydrogen (secondary N) is 1. The van der Waals surface area contributed by atoms with E-state index in [1.807, 2.05) is 5.32 Å². The molecule has 0 saturated heterocycles. The Morgan fingerprint density at radius 1 is 1.00 bits per heavy atom. The van der Waals surface area contributed by atoms with Gasteiger partial charge >= 0.3 is 0 Å². The molecular formula is C12H6F5NO2. The Bertz CT molecular complexity index is 625. The number of rotatable bonds is 3. The summed E-state index contributed by atoms with van der Waals surface area (Å²) in [6.45, 7) is -0.259. The topological polar surface area (TPSA) is 42.2 Å². The molecule has 0 aliphatic rings. The smallest absolute Gasteiger partial charge is 0.257 e. The van der Waals surface area contributed by atoms with Crippen molar-refractivity contribution in [1.29, 1.82) is 0 Å². The summed E-state index contributed by atoms with van der Waals surface area (Å²) in [7, 11) is 0. The van der Waals surface area contributed by atoms with E-state index in [-0.39, 0.29) is 12.3 Å². The molecule has 20 heavy (non-hydrogen) atoms. The Hall–Kier alpha value is -2.38. The minimum Gasteiger partial charge on any atom is -0.467 e. The zero-order chi connectivity index (χ0) is 14.9. The zero-order valence-electron chi connectivity index (χ0n) is 9.65. The van der Waals surface area contributed by atoms with Crippen molar-refractivity contribution in [3.8, 4) is 0 Å². The maximum absolute atomic E-state index is 13.3. The number of hydrogen-bond acceptors (Lipinski definition) is 2. The summed E-state index contributed by atoms with van der Waals surface area (Å²) in [5.74, 6) is -12.2. The Morgan fingerprint density at radius 3 is 2.05 bits per heavy atom. The van der Waals surface area contributed by atoms with E-state index in [0.29, 0.717) is 0 Å². The van der Waals surface area contributed by atoms with E-state index in [0.717, 1.165) is 0 Å². The highest BCUT2D eigenvalue weighted by molar-refractivity contribution is 5.94. The van der Waals surface area contributed by atoms with E-state index in [2.05, 4.69) is 0 Å². The third-order valence-corrected chi connectivity index (χ3v) is 2.44. The summed E-state index contributed by atoms with van der Waals surface area (Å²) in [6, 6.07) is 2.96. The molecule has 0 spiro atoms. The van der Waals surface area contributed by atoms with Crippen LogP contribution in [0.1, 0.15) is 16.1 Å². The summed E-state index contributed by atoms with van der Waals surface area (Å²) in [5, 5.41) is 1.99. The van der Waals surface area contributed by atoms with Crippen LogP contribution in [0.2, 0.25) is 0 Å². The number of carbonyl (C=O) groups excluding carboxylic acids is 1. The van der Waals surface area contributed by atoms with Crippen molar-refractivity contribution in [2.45, 2.75) is 6.54 Å². The van der Waals surface area contributed by atoms with Crippen molar-refractivity contribution in [1.82, 2.24) is 5.32 Å². The van der Waals surface area contributed by atoms with Crippen molar-refractivity contribution >= 4 is 5.91 Å². The first-order valence-corrected chi connectivity index (χ1v) is 5.25. The third kappa shape index (κ3) is 2.36. The maximum Gasteiger partial charge on any atom is 0.257 e. The standard InChI is InChI=1S/C12H6F5NO2/c13-7-6(8(14)10(16)11(17)9(7)15)12(19)18-4-5-2-1-3-20-5/h1-3H,4H2,(H,18,19). The fraction of sp³-hybridized carbons (Fsp3) is 0.0833. The normalized spacial score (nSPS) is 10.7. The number of carbonyl (C=O) groups is 1.